The number of benzene rings is 1. The van der Waals surface area contributed by atoms with Crippen LogP contribution in [-0.4, -0.2) is 60.9 Å². The third kappa shape index (κ3) is 3.95. The van der Waals surface area contributed by atoms with Gasteiger partial charge in [0.05, 0.1) is 12.0 Å². The molecule has 4 rings (SSSR count). The summed E-state index contributed by atoms with van der Waals surface area (Å²) in [6.07, 6.45) is 1.80. The van der Waals surface area contributed by atoms with Crippen LogP contribution < -0.4 is 4.74 Å². The molecule has 0 radical (unpaired) electrons. The second-order valence-electron chi connectivity index (χ2n) is 7.93. The number of methoxy groups -OCH3 is 1. The largest absolute Gasteiger partial charge is 0.497 e. The molecule has 0 saturated carbocycles. The molecule has 7 nitrogen and oxygen atoms in total. The van der Waals surface area contributed by atoms with E-state index in [-0.39, 0.29) is 0 Å². The molecule has 8 heteroatoms. The van der Waals surface area contributed by atoms with E-state index in [1.165, 1.54) is 11.3 Å². The van der Waals surface area contributed by atoms with Gasteiger partial charge in [0, 0.05) is 50.0 Å². The van der Waals surface area contributed by atoms with Crippen LogP contribution in [0.3, 0.4) is 0 Å². The Hall–Kier alpha value is -2.42. The van der Waals surface area contributed by atoms with Gasteiger partial charge in [0.2, 0.25) is 10.0 Å². The first-order valence-electron chi connectivity index (χ1n) is 10.2. The fraction of sp³-hybridized carbons (Fsp3) is 0.409. The molecule has 0 aliphatic carbocycles. The Labute approximate surface area is 177 Å². The van der Waals surface area contributed by atoms with Crippen molar-refractivity contribution in [3.05, 3.63) is 53.9 Å². The fourth-order valence-electron chi connectivity index (χ4n) is 4.01. The number of hydrogen-bond acceptors (Lipinski definition) is 5. The number of nitrogens with zero attached hydrogens (tertiary/aromatic N) is 3. The zero-order valence-electron chi connectivity index (χ0n) is 17.6. The molecular formula is C22H28N4O3S. The number of nitrogens with one attached hydrogen (secondary N) is 1. The van der Waals surface area contributed by atoms with Gasteiger partial charge in [-0.25, -0.2) is 13.4 Å². The predicted molar refractivity (Wildman–Crippen MR) is 117 cm³/mol. The van der Waals surface area contributed by atoms with E-state index in [9.17, 15) is 8.42 Å². The Balaban J connectivity index is 1.47. The van der Waals surface area contributed by atoms with Gasteiger partial charge < -0.3 is 9.72 Å². The Morgan fingerprint density at radius 1 is 1.10 bits per heavy atom. The van der Waals surface area contributed by atoms with Crippen molar-refractivity contribution in [1.82, 2.24) is 19.2 Å². The van der Waals surface area contributed by atoms with Crippen LogP contribution in [0.15, 0.2) is 47.5 Å². The number of ether oxygens (including phenoxy) is 1. The monoisotopic (exact) mass is 428 g/mol. The maximum Gasteiger partial charge on any atom is 0.243 e. The minimum absolute atomic E-state index is 0.307. The normalized spacial score (nSPS) is 16.4. The lowest BCUT2D eigenvalue weighted by atomic mass is 10.0. The van der Waals surface area contributed by atoms with Gasteiger partial charge in [0.15, 0.2) is 0 Å². The molecule has 0 atom stereocenters. The topological polar surface area (TPSA) is 78.5 Å². The van der Waals surface area contributed by atoms with Crippen LogP contribution in [0.2, 0.25) is 0 Å². The van der Waals surface area contributed by atoms with Crippen molar-refractivity contribution in [3.8, 4) is 5.75 Å². The molecule has 30 heavy (non-hydrogen) atoms. The average Bonchev–Trinajstić information content (AvgIpc) is 3.13. The standard InChI is InChI=1S/C22H28N4O3S/c1-16(2)21-20(19-5-4-10-23-22(19)24-21)15-25-11-13-26(14-12-25)30(27,28)18-8-6-17(29-3)7-9-18/h4-10,16H,11-15H2,1-3H3,(H,23,24). The summed E-state index contributed by atoms with van der Waals surface area (Å²) in [4.78, 5) is 10.5. The zero-order chi connectivity index (χ0) is 21.3. The minimum atomic E-state index is -3.49. The molecule has 1 fully saturated rings. The van der Waals surface area contributed by atoms with E-state index in [1.807, 2.05) is 6.07 Å². The molecule has 0 spiro atoms. The number of aromatic nitrogens is 2. The van der Waals surface area contributed by atoms with E-state index in [2.05, 4.69) is 34.8 Å². The first-order valence-corrected chi connectivity index (χ1v) is 11.7. The maximum absolute atomic E-state index is 13.0. The highest BCUT2D eigenvalue weighted by Crippen LogP contribution is 2.28. The van der Waals surface area contributed by atoms with Crippen molar-refractivity contribution in [1.29, 1.82) is 0 Å². The van der Waals surface area contributed by atoms with Gasteiger partial charge in [-0.05, 0) is 47.9 Å². The number of sulfonamides is 1. The lowest BCUT2D eigenvalue weighted by molar-refractivity contribution is 0.181. The van der Waals surface area contributed by atoms with Crippen molar-refractivity contribution in [3.63, 3.8) is 0 Å². The van der Waals surface area contributed by atoms with E-state index < -0.39 is 10.0 Å². The Morgan fingerprint density at radius 3 is 2.43 bits per heavy atom. The molecular weight excluding hydrogens is 400 g/mol. The van der Waals surface area contributed by atoms with Crippen LogP contribution in [0.4, 0.5) is 0 Å². The van der Waals surface area contributed by atoms with Gasteiger partial charge >= 0.3 is 0 Å². The Bertz CT molecular complexity index is 1110. The molecule has 0 bridgehead atoms. The van der Waals surface area contributed by atoms with Crippen LogP contribution in [0, 0.1) is 0 Å². The minimum Gasteiger partial charge on any atom is -0.497 e. The van der Waals surface area contributed by atoms with Crippen molar-refractivity contribution < 1.29 is 13.2 Å². The third-order valence-electron chi connectivity index (χ3n) is 5.70. The van der Waals surface area contributed by atoms with Crippen LogP contribution in [0.5, 0.6) is 5.75 Å². The lowest BCUT2D eigenvalue weighted by Crippen LogP contribution is -2.48. The molecule has 0 unspecified atom stereocenters. The fourth-order valence-corrected chi connectivity index (χ4v) is 5.43. The number of piperazine rings is 1. The summed E-state index contributed by atoms with van der Waals surface area (Å²) in [5.41, 5.74) is 3.38. The Morgan fingerprint density at radius 2 is 1.80 bits per heavy atom. The van der Waals surface area contributed by atoms with Gasteiger partial charge in [-0.2, -0.15) is 4.31 Å². The second kappa shape index (κ2) is 8.37. The highest BCUT2D eigenvalue weighted by atomic mass is 32.2. The first kappa shape index (κ1) is 20.8. The third-order valence-corrected chi connectivity index (χ3v) is 7.61. The van der Waals surface area contributed by atoms with Crippen molar-refractivity contribution in [2.24, 2.45) is 0 Å². The SMILES string of the molecule is COc1ccc(S(=O)(=O)N2CCN(Cc3c(C(C)C)[nH]c4ncccc34)CC2)cc1. The second-order valence-corrected chi connectivity index (χ2v) is 9.87. The summed E-state index contributed by atoms with van der Waals surface area (Å²) in [6, 6.07) is 10.6. The van der Waals surface area contributed by atoms with Crippen molar-refractivity contribution in [2.75, 3.05) is 33.3 Å². The van der Waals surface area contributed by atoms with Gasteiger partial charge in [0.1, 0.15) is 11.4 Å². The average molecular weight is 429 g/mol. The van der Waals surface area contributed by atoms with Gasteiger partial charge in [-0.15, -0.1) is 0 Å². The van der Waals surface area contributed by atoms with Gasteiger partial charge in [-0.3, -0.25) is 4.90 Å². The summed E-state index contributed by atoms with van der Waals surface area (Å²) < 4.78 is 32.7. The molecule has 160 valence electrons. The van der Waals surface area contributed by atoms with Crippen LogP contribution in [0.1, 0.15) is 31.0 Å². The molecule has 1 N–H and O–H groups in total. The summed E-state index contributed by atoms with van der Waals surface area (Å²) in [6.45, 7) is 7.48. The van der Waals surface area contributed by atoms with E-state index in [1.54, 1.807) is 41.9 Å². The Kier molecular flexibility index (Phi) is 5.81. The van der Waals surface area contributed by atoms with Gasteiger partial charge in [-0.1, -0.05) is 13.8 Å². The number of fused-ring (bicyclic) bond motifs is 1. The molecule has 3 aromatic rings. The van der Waals surface area contributed by atoms with E-state index in [4.69, 9.17) is 4.74 Å². The summed E-state index contributed by atoms with van der Waals surface area (Å²) in [5, 5.41) is 1.15. The number of hydrogen-bond donors (Lipinski definition) is 1. The molecule has 0 amide bonds. The maximum atomic E-state index is 13.0. The van der Waals surface area contributed by atoms with Crippen molar-refractivity contribution in [2.45, 2.75) is 31.2 Å². The highest BCUT2D eigenvalue weighted by molar-refractivity contribution is 7.89. The molecule has 2 aromatic heterocycles. The summed E-state index contributed by atoms with van der Waals surface area (Å²) in [7, 11) is -1.93. The van der Waals surface area contributed by atoms with Gasteiger partial charge in [0.25, 0.3) is 0 Å². The molecule has 1 aliphatic rings. The first-order chi connectivity index (χ1) is 14.4. The predicted octanol–water partition coefficient (Wildman–Crippen LogP) is 3.20. The van der Waals surface area contributed by atoms with Crippen LogP contribution >= 0.6 is 0 Å². The zero-order valence-corrected chi connectivity index (χ0v) is 18.4. The number of H-pyrrole nitrogens is 1. The smallest absolute Gasteiger partial charge is 0.243 e. The number of rotatable bonds is 6. The lowest BCUT2D eigenvalue weighted by Gasteiger charge is -2.34. The van der Waals surface area contributed by atoms with E-state index >= 15 is 0 Å². The number of aromatic amines is 1. The van der Waals surface area contributed by atoms with E-state index in [0.29, 0.717) is 42.7 Å². The molecule has 1 aliphatic heterocycles. The number of pyridine rings is 1. The van der Waals surface area contributed by atoms with Crippen LogP contribution in [-0.2, 0) is 16.6 Å². The molecule has 1 saturated heterocycles. The summed E-state index contributed by atoms with van der Waals surface area (Å²) in [5.74, 6) is 1.01. The summed E-state index contributed by atoms with van der Waals surface area (Å²) >= 11 is 0. The molecule has 1 aromatic carbocycles. The van der Waals surface area contributed by atoms with E-state index in [0.717, 1.165) is 17.6 Å². The highest BCUT2D eigenvalue weighted by Gasteiger charge is 2.29. The quantitative estimate of drug-likeness (QED) is 0.652. The van der Waals surface area contributed by atoms with Crippen molar-refractivity contribution >= 4 is 21.1 Å². The molecule has 3 heterocycles. The van der Waals surface area contributed by atoms with Crippen LogP contribution in [0.25, 0.3) is 11.0 Å².